The van der Waals surface area contributed by atoms with Crippen LogP contribution in [-0.4, -0.2) is 65.6 Å². The number of hydrogen-bond donors (Lipinski definition) is 3. The highest BCUT2D eigenvalue weighted by molar-refractivity contribution is 6.21. The summed E-state index contributed by atoms with van der Waals surface area (Å²) >= 11 is 0. The highest BCUT2D eigenvalue weighted by atomic mass is 16.3. The Bertz CT molecular complexity index is 1220. The molecule has 4 rings (SSSR count). The third-order valence-corrected chi connectivity index (χ3v) is 6.71. The average Bonchev–Trinajstić information content (AvgIpc) is 3.17. The molecule has 0 bridgehead atoms. The molecular formula is C28H34N4O3. The SMILES string of the molecule is CC(=O)c1ccc2[nH]c(O)c(C(=NC3CCC(C(=O)NCCN(C)C)CC3)c3ccccc3)c2c1. The maximum Gasteiger partial charge on any atom is 0.223 e. The Morgan fingerprint density at radius 2 is 1.77 bits per heavy atom. The van der Waals surface area contributed by atoms with E-state index < -0.39 is 0 Å². The molecule has 184 valence electrons. The second kappa shape index (κ2) is 10.9. The highest BCUT2D eigenvalue weighted by Crippen LogP contribution is 2.33. The minimum absolute atomic E-state index is 0.0170. The molecule has 1 fully saturated rings. The van der Waals surface area contributed by atoms with E-state index >= 15 is 0 Å². The number of aliphatic imine (C=N–C) groups is 1. The summed E-state index contributed by atoms with van der Waals surface area (Å²) in [4.78, 5) is 34.8. The molecule has 1 amide bonds. The molecule has 0 spiro atoms. The van der Waals surface area contributed by atoms with Crippen LogP contribution in [0.25, 0.3) is 10.9 Å². The molecule has 2 aromatic carbocycles. The number of carbonyl (C=O) groups is 2. The molecule has 0 atom stereocenters. The van der Waals surface area contributed by atoms with Crippen molar-refractivity contribution in [3.05, 3.63) is 65.2 Å². The van der Waals surface area contributed by atoms with Gasteiger partial charge in [-0.3, -0.25) is 14.6 Å². The molecule has 7 heteroatoms. The highest BCUT2D eigenvalue weighted by Gasteiger charge is 2.27. The molecule has 0 unspecified atom stereocenters. The molecule has 1 heterocycles. The van der Waals surface area contributed by atoms with Crippen LogP contribution in [0.1, 0.15) is 54.1 Å². The van der Waals surface area contributed by atoms with E-state index in [1.165, 1.54) is 6.92 Å². The summed E-state index contributed by atoms with van der Waals surface area (Å²) in [6.07, 6.45) is 3.20. The molecule has 0 aliphatic heterocycles. The van der Waals surface area contributed by atoms with Crippen LogP contribution in [0, 0.1) is 5.92 Å². The number of amides is 1. The van der Waals surface area contributed by atoms with E-state index in [0.717, 1.165) is 48.7 Å². The predicted molar refractivity (Wildman–Crippen MR) is 139 cm³/mol. The van der Waals surface area contributed by atoms with Gasteiger partial charge in [0.05, 0.1) is 17.3 Å². The average molecular weight is 475 g/mol. The fourth-order valence-corrected chi connectivity index (χ4v) is 4.71. The zero-order valence-electron chi connectivity index (χ0n) is 20.7. The number of rotatable bonds is 8. The van der Waals surface area contributed by atoms with E-state index in [0.29, 0.717) is 23.4 Å². The lowest BCUT2D eigenvalue weighted by Crippen LogP contribution is -2.37. The molecule has 0 saturated heterocycles. The number of hydrogen-bond acceptors (Lipinski definition) is 5. The van der Waals surface area contributed by atoms with E-state index in [1.54, 1.807) is 6.07 Å². The number of aromatic hydroxyl groups is 1. The van der Waals surface area contributed by atoms with Gasteiger partial charge in [0.1, 0.15) is 0 Å². The molecule has 3 N–H and O–H groups in total. The standard InChI is InChI=1S/C28H34N4O3/c1-18(33)21-11-14-24-23(17-21)25(28(35)31-24)26(19-7-5-4-6-8-19)30-22-12-9-20(10-13-22)27(34)29-15-16-32(2)3/h4-8,11,14,17,20,22,31,35H,9-10,12-13,15-16H2,1-3H3,(H,29,34). The molecule has 1 aliphatic carbocycles. The van der Waals surface area contributed by atoms with Crippen LogP contribution in [0.2, 0.25) is 0 Å². The van der Waals surface area contributed by atoms with Gasteiger partial charge in [-0.25, -0.2) is 0 Å². The third-order valence-electron chi connectivity index (χ3n) is 6.71. The number of aromatic nitrogens is 1. The number of H-pyrrole nitrogens is 1. The van der Waals surface area contributed by atoms with Gasteiger partial charge in [0.2, 0.25) is 5.91 Å². The molecule has 35 heavy (non-hydrogen) atoms. The van der Waals surface area contributed by atoms with E-state index in [9.17, 15) is 14.7 Å². The Labute approximate surface area is 206 Å². The second-order valence-corrected chi connectivity index (χ2v) is 9.61. The minimum Gasteiger partial charge on any atom is -0.494 e. The number of aromatic amines is 1. The normalized spacial score (nSPS) is 18.7. The Morgan fingerprint density at radius 1 is 1.06 bits per heavy atom. The van der Waals surface area contributed by atoms with Crippen molar-refractivity contribution in [3.8, 4) is 5.88 Å². The Morgan fingerprint density at radius 3 is 2.43 bits per heavy atom. The van der Waals surface area contributed by atoms with E-state index in [2.05, 4.69) is 15.2 Å². The summed E-state index contributed by atoms with van der Waals surface area (Å²) in [7, 11) is 3.98. The van der Waals surface area contributed by atoms with Crippen LogP contribution in [0.5, 0.6) is 5.88 Å². The molecule has 1 aliphatic rings. The van der Waals surface area contributed by atoms with Crippen molar-refractivity contribution >= 4 is 28.3 Å². The number of carbonyl (C=O) groups excluding carboxylic acids is 2. The van der Waals surface area contributed by atoms with Crippen molar-refractivity contribution in [3.63, 3.8) is 0 Å². The lowest BCUT2D eigenvalue weighted by molar-refractivity contribution is -0.126. The summed E-state index contributed by atoms with van der Waals surface area (Å²) in [6.45, 7) is 3.02. The first kappa shape index (κ1) is 24.7. The van der Waals surface area contributed by atoms with Crippen LogP contribution >= 0.6 is 0 Å². The van der Waals surface area contributed by atoms with Crippen LogP contribution < -0.4 is 5.32 Å². The van der Waals surface area contributed by atoms with Gasteiger partial charge < -0.3 is 20.3 Å². The summed E-state index contributed by atoms with van der Waals surface area (Å²) in [6, 6.07) is 15.3. The van der Waals surface area contributed by atoms with Gasteiger partial charge in [-0.2, -0.15) is 0 Å². The number of Topliss-reactive ketones (excluding diaryl/α,β-unsaturated/α-hetero) is 1. The van der Waals surface area contributed by atoms with Crippen LogP contribution in [-0.2, 0) is 4.79 Å². The molecule has 7 nitrogen and oxygen atoms in total. The van der Waals surface area contributed by atoms with Crippen molar-refractivity contribution in [1.29, 1.82) is 0 Å². The van der Waals surface area contributed by atoms with Crippen LogP contribution in [0.15, 0.2) is 53.5 Å². The van der Waals surface area contributed by atoms with Gasteiger partial charge in [-0.15, -0.1) is 0 Å². The van der Waals surface area contributed by atoms with Crippen LogP contribution in [0.4, 0.5) is 0 Å². The lowest BCUT2D eigenvalue weighted by atomic mass is 9.85. The van der Waals surface area contributed by atoms with Gasteiger partial charge in [0.25, 0.3) is 0 Å². The van der Waals surface area contributed by atoms with Crippen molar-refractivity contribution in [2.24, 2.45) is 10.9 Å². The van der Waals surface area contributed by atoms with Crippen LogP contribution in [0.3, 0.4) is 0 Å². The maximum atomic E-state index is 12.6. The first-order valence-electron chi connectivity index (χ1n) is 12.2. The van der Waals surface area contributed by atoms with Gasteiger partial charge in [0, 0.05) is 41.0 Å². The van der Waals surface area contributed by atoms with Crippen molar-refractivity contribution < 1.29 is 14.7 Å². The van der Waals surface area contributed by atoms with Crippen molar-refractivity contribution in [1.82, 2.24) is 15.2 Å². The zero-order valence-corrected chi connectivity index (χ0v) is 20.7. The number of fused-ring (bicyclic) bond motifs is 1. The number of benzene rings is 2. The molecule has 0 radical (unpaired) electrons. The maximum absolute atomic E-state index is 12.6. The number of ketones is 1. The van der Waals surface area contributed by atoms with E-state index in [1.807, 2.05) is 56.6 Å². The van der Waals surface area contributed by atoms with Gasteiger partial charge in [0.15, 0.2) is 11.7 Å². The lowest BCUT2D eigenvalue weighted by Gasteiger charge is -2.26. The Kier molecular flexibility index (Phi) is 7.66. The quantitative estimate of drug-likeness (QED) is 0.337. The second-order valence-electron chi connectivity index (χ2n) is 9.61. The minimum atomic E-state index is -0.0288. The fourth-order valence-electron chi connectivity index (χ4n) is 4.71. The molecule has 1 aromatic heterocycles. The van der Waals surface area contributed by atoms with Crippen molar-refractivity contribution in [2.45, 2.75) is 38.6 Å². The summed E-state index contributed by atoms with van der Waals surface area (Å²) in [5.74, 6) is 0.156. The fraction of sp³-hybridized carbons (Fsp3) is 0.393. The number of likely N-dealkylation sites (N-methyl/N-ethyl adjacent to an activating group) is 1. The number of nitrogens with one attached hydrogen (secondary N) is 2. The van der Waals surface area contributed by atoms with E-state index in [-0.39, 0.29) is 29.5 Å². The van der Waals surface area contributed by atoms with Crippen molar-refractivity contribution in [2.75, 3.05) is 27.2 Å². The topological polar surface area (TPSA) is 97.8 Å². The molecular weight excluding hydrogens is 440 g/mol. The molecule has 3 aromatic rings. The first-order valence-corrected chi connectivity index (χ1v) is 12.2. The van der Waals surface area contributed by atoms with E-state index in [4.69, 9.17) is 4.99 Å². The Balaban J connectivity index is 1.61. The predicted octanol–water partition coefficient (Wildman–Crippen LogP) is 4.15. The Hall–Kier alpha value is -3.45. The smallest absolute Gasteiger partial charge is 0.223 e. The summed E-state index contributed by atoms with van der Waals surface area (Å²) in [5.41, 5.74) is 3.56. The first-order chi connectivity index (χ1) is 16.8. The van der Waals surface area contributed by atoms with Gasteiger partial charge in [-0.1, -0.05) is 30.3 Å². The molecule has 1 saturated carbocycles. The monoisotopic (exact) mass is 474 g/mol. The van der Waals surface area contributed by atoms with Gasteiger partial charge in [-0.05, 0) is 64.9 Å². The zero-order chi connectivity index (χ0) is 24.9. The largest absolute Gasteiger partial charge is 0.494 e. The number of nitrogens with zero attached hydrogens (tertiary/aromatic N) is 2. The summed E-state index contributed by atoms with van der Waals surface area (Å²) < 4.78 is 0. The van der Waals surface area contributed by atoms with Gasteiger partial charge >= 0.3 is 0 Å². The third kappa shape index (κ3) is 5.80. The summed E-state index contributed by atoms with van der Waals surface area (Å²) in [5, 5.41) is 14.7.